The van der Waals surface area contributed by atoms with Crippen LogP contribution in [0.15, 0.2) is 41.5 Å². The van der Waals surface area contributed by atoms with E-state index in [1.165, 1.54) is 16.7 Å². The zero-order chi connectivity index (χ0) is 20.3. The predicted molar refractivity (Wildman–Crippen MR) is 95.1 cm³/mol. The summed E-state index contributed by atoms with van der Waals surface area (Å²) in [7, 11) is 1.58. The van der Waals surface area contributed by atoms with Gasteiger partial charge in [-0.3, -0.25) is 9.59 Å². The van der Waals surface area contributed by atoms with Gasteiger partial charge in [-0.15, -0.1) is 0 Å². The minimum atomic E-state index is -4.43. The van der Waals surface area contributed by atoms with Gasteiger partial charge in [-0.2, -0.15) is 13.2 Å². The third kappa shape index (κ3) is 4.71. The van der Waals surface area contributed by atoms with Gasteiger partial charge >= 0.3 is 6.18 Å². The molecule has 0 bridgehead atoms. The van der Waals surface area contributed by atoms with Crippen molar-refractivity contribution in [2.45, 2.75) is 44.0 Å². The van der Waals surface area contributed by atoms with Crippen LogP contribution in [-0.2, 0) is 13.2 Å². The van der Waals surface area contributed by atoms with Crippen LogP contribution in [0.3, 0.4) is 0 Å². The Morgan fingerprint density at radius 1 is 1.21 bits per heavy atom. The fourth-order valence-corrected chi connectivity index (χ4v) is 3.15. The molecule has 0 aromatic carbocycles. The Morgan fingerprint density at radius 3 is 2.54 bits per heavy atom. The number of carbonyl (C=O) groups excluding carboxylic acids is 1. The lowest BCUT2D eigenvalue weighted by Crippen LogP contribution is -2.41. The number of amides is 1. The molecule has 1 aliphatic carbocycles. The molecule has 0 spiro atoms. The summed E-state index contributed by atoms with van der Waals surface area (Å²) < 4.78 is 44.7. The van der Waals surface area contributed by atoms with Gasteiger partial charge in [0.25, 0.3) is 11.5 Å². The molecule has 150 valence electrons. The molecule has 0 radical (unpaired) electrons. The molecule has 0 unspecified atom stereocenters. The number of nitrogens with one attached hydrogen (secondary N) is 1. The number of ether oxygens (including phenoxy) is 1. The second kappa shape index (κ2) is 8.04. The molecule has 6 nitrogen and oxygen atoms in total. The van der Waals surface area contributed by atoms with E-state index in [1.54, 1.807) is 19.3 Å². The average Bonchev–Trinajstić information content (AvgIpc) is 2.65. The quantitative estimate of drug-likeness (QED) is 0.864. The minimum Gasteiger partial charge on any atom is -0.474 e. The Hall–Kier alpha value is -2.84. The van der Waals surface area contributed by atoms with E-state index in [9.17, 15) is 22.8 Å². The van der Waals surface area contributed by atoms with Crippen molar-refractivity contribution in [2.24, 2.45) is 7.05 Å². The molecule has 1 N–H and O–H groups in total. The van der Waals surface area contributed by atoms with Crippen molar-refractivity contribution in [2.75, 3.05) is 0 Å². The summed E-state index contributed by atoms with van der Waals surface area (Å²) >= 11 is 0. The van der Waals surface area contributed by atoms with Crippen molar-refractivity contribution >= 4 is 5.91 Å². The molecule has 0 saturated heterocycles. The molecule has 28 heavy (non-hydrogen) atoms. The number of nitrogens with zero attached hydrogens (tertiary/aromatic N) is 2. The average molecular weight is 395 g/mol. The first kappa shape index (κ1) is 19.9. The number of halogens is 3. The Bertz CT molecular complexity index is 886. The summed E-state index contributed by atoms with van der Waals surface area (Å²) in [6.07, 6.45) is 0.261. The first-order chi connectivity index (χ1) is 13.2. The summed E-state index contributed by atoms with van der Waals surface area (Å²) in [5, 5.41) is 2.86. The van der Waals surface area contributed by atoms with Crippen LogP contribution in [0.2, 0.25) is 0 Å². The predicted octanol–water partition coefficient (Wildman–Crippen LogP) is 2.92. The van der Waals surface area contributed by atoms with Crippen LogP contribution in [-0.4, -0.2) is 27.6 Å². The summed E-state index contributed by atoms with van der Waals surface area (Å²) in [4.78, 5) is 28.0. The number of alkyl halides is 3. The van der Waals surface area contributed by atoms with Crippen LogP contribution in [0.1, 0.15) is 41.6 Å². The molecule has 0 atom stereocenters. The van der Waals surface area contributed by atoms with Gasteiger partial charge in [0.15, 0.2) is 0 Å². The van der Waals surface area contributed by atoms with Gasteiger partial charge < -0.3 is 14.6 Å². The fourth-order valence-electron chi connectivity index (χ4n) is 3.15. The maximum Gasteiger partial charge on any atom is 0.417 e. The van der Waals surface area contributed by atoms with E-state index < -0.39 is 17.6 Å². The topological polar surface area (TPSA) is 73.2 Å². The largest absolute Gasteiger partial charge is 0.474 e. The number of hydrogen-bond acceptors (Lipinski definition) is 4. The number of rotatable bonds is 4. The molecule has 1 saturated carbocycles. The third-order valence-corrected chi connectivity index (χ3v) is 4.73. The van der Waals surface area contributed by atoms with E-state index in [0.717, 1.165) is 12.3 Å². The molecule has 0 aliphatic heterocycles. The maximum atomic E-state index is 12.6. The lowest BCUT2D eigenvalue weighted by molar-refractivity contribution is -0.137. The zero-order valence-corrected chi connectivity index (χ0v) is 15.2. The highest BCUT2D eigenvalue weighted by Gasteiger charge is 2.31. The van der Waals surface area contributed by atoms with Gasteiger partial charge in [0.2, 0.25) is 5.88 Å². The third-order valence-electron chi connectivity index (χ3n) is 4.73. The normalized spacial score (nSPS) is 19.9. The molecule has 2 aromatic rings. The number of pyridine rings is 2. The van der Waals surface area contributed by atoms with Crippen LogP contribution < -0.4 is 15.6 Å². The summed E-state index contributed by atoms with van der Waals surface area (Å²) in [6, 6.07) is 5.19. The standard InChI is InChI=1S/C19H20F3N3O3/c1-25-10-2-3-15(18(25)27)17(26)24-13-5-7-14(8-6-13)28-16-9-4-12(11-23-16)19(20,21)22/h2-4,9-11,13-14H,5-8H2,1H3,(H,24,26). The van der Waals surface area contributed by atoms with Gasteiger partial charge in [-0.05, 0) is 43.9 Å². The lowest BCUT2D eigenvalue weighted by Gasteiger charge is -2.29. The van der Waals surface area contributed by atoms with Crippen LogP contribution >= 0.6 is 0 Å². The van der Waals surface area contributed by atoms with Crippen LogP contribution in [0, 0.1) is 0 Å². The van der Waals surface area contributed by atoms with E-state index in [1.807, 2.05) is 0 Å². The van der Waals surface area contributed by atoms with E-state index >= 15 is 0 Å². The summed E-state index contributed by atoms with van der Waals surface area (Å²) in [6.45, 7) is 0. The van der Waals surface area contributed by atoms with E-state index in [0.29, 0.717) is 25.7 Å². The van der Waals surface area contributed by atoms with Crippen molar-refractivity contribution < 1.29 is 22.7 Å². The highest BCUT2D eigenvalue weighted by atomic mass is 19.4. The molecule has 1 amide bonds. The molecule has 2 heterocycles. The van der Waals surface area contributed by atoms with Crippen molar-refractivity contribution in [3.05, 3.63) is 58.1 Å². The molecule has 1 aliphatic rings. The molecule has 3 rings (SSSR count). The zero-order valence-electron chi connectivity index (χ0n) is 15.2. The van der Waals surface area contributed by atoms with Gasteiger partial charge in [0, 0.05) is 31.5 Å². The SMILES string of the molecule is Cn1cccc(C(=O)NC2CCC(Oc3ccc(C(F)(F)F)cn3)CC2)c1=O. The van der Waals surface area contributed by atoms with Crippen molar-refractivity contribution in [3.8, 4) is 5.88 Å². The highest BCUT2D eigenvalue weighted by Crippen LogP contribution is 2.30. The first-order valence-corrected chi connectivity index (χ1v) is 8.90. The van der Waals surface area contributed by atoms with Gasteiger partial charge in [-0.25, -0.2) is 4.98 Å². The smallest absolute Gasteiger partial charge is 0.417 e. The Labute approximate surface area is 159 Å². The number of aryl methyl sites for hydroxylation is 1. The Kier molecular flexibility index (Phi) is 5.71. The van der Waals surface area contributed by atoms with Crippen LogP contribution in [0.4, 0.5) is 13.2 Å². The van der Waals surface area contributed by atoms with E-state index in [2.05, 4.69) is 10.3 Å². The summed E-state index contributed by atoms with van der Waals surface area (Å²) in [5.41, 5.74) is -1.08. The van der Waals surface area contributed by atoms with E-state index in [4.69, 9.17) is 4.74 Å². The minimum absolute atomic E-state index is 0.0853. The summed E-state index contributed by atoms with van der Waals surface area (Å²) in [5.74, 6) is -0.261. The van der Waals surface area contributed by atoms with Gasteiger partial charge in [0.1, 0.15) is 11.7 Å². The molecular formula is C19H20F3N3O3. The first-order valence-electron chi connectivity index (χ1n) is 8.90. The van der Waals surface area contributed by atoms with Crippen molar-refractivity contribution in [1.82, 2.24) is 14.9 Å². The molecule has 9 heteroatoms. The van der Waals surface area contributed by atoms with Crippen molar-refractivity contribution in [3.63, 3.8) is 0 Å². The second-order valence-corrected chi connectivity index (χ2v) is 6.79. The van der Waals surface area contributed by atoms with Crippen LogP contribution in [0.25, 0.3) is 0 Å². The van der Waals surface area contributed by atoms with Crippen molar-refractivity contribution in [1.29, 1.82) is 0 Å². The monoisotopic (exact) mass is 395 g/mol. The van der Waals surface area contributed by atoms with Crippen LogP contribution in [0.5, 0.6) is 5.88 Å². The van der Waals surface area contributed by atoms with E-state index in [-0.39, 0.29) is 29.1 Å². The Balaban J connectivity index is 1.51. The second-order valence-electron chi connectivity index (χ2n) is 6.79. The Morgan fingerprint density at radius 2 is 1.93 bits per heavy atom. The maximum absolute atomic E-state index is 12.6. The highest BCUT2D eigenvalue weighted by molar-refractivity contribution is 5.93. The number of hydrogen-bond donors (Lipinski definition) is 1. The molecule has 2 aromatic heterocycles. The van der Waals surface area contributed by atoms with Gasteiger partial charge in [0.05, 0.1) is 5.56 Å². The number of carbonyl (C=O) groups is 1. The molecule has 1 fully saturated rings. The molecular weight excluding hydrogens is 375 g/mol. The van der Waals surface area contributed by atoms with Gasteiger partial charge in [-0.1, -0.05) is 0 Å². The lowest BCUT2D eigenvalue weighted by atomic mass is 9.92. The number of aromatic nitrogens is 2. The fraction of sp³-hybridized carbons (Fsp3) is 0.421.